The van der Waals surface area contributed by atoms with E-state index in [9.17, 15) is 9.90 Å². The second-order valence-electron chi connectivity index (χ2n) is 5.78. The molecule has 110 valence electrons. The minimum atomic E-state index is -0.743. The Morgan fingerprint density at radius 1 is 1.35 bits per heavy atom. The Morgan fingerprint density at radius 2 is 2.05 bits per heavy atom. The van der Waals surface area contributed by atoms with Crippen LogP contribution in [0.4, 0.5) is 0 Å². The lowest BCUT2D eigenvalue weighted by molar-refractivity contribution is -0.00866. The number of aliphatic hydroxyl groups is 1. The smallest absolute Gasteiger partial charge is 0.276 e. The van der Waals surface area contributed by atoms with Crippen molar-refractivity contribution in [3.8, 4) is 0 Å². The van der Waals surface area contributed by atoms with Gasteiger partial charge in [0.25, 0.3) is 5.91 Å². The topological polar surface area (TPSA) is 83.3 Å². The first kappa shape index (κ1) is 13.5. The van der Waals surface area contributed by atoms with Crippen molar-refractivity contribution in [3.05, 3.63) is 11.9 Å². The minimum absolute atomic E-state index is 0.0500. The van der Waals surface area contributed by atoms with Gasteiger partial charge in [-0.1, -0.05) is 5.21 Å². The molecule has 1 aromatic rings. The van der Waals surface area contributed by atoms with Gasteiger partial charge in [0.15, 0.2) is 5.69 Å². The summed E-state index contributed by atoms with van der Waals surface area (Å²) in [4.78, 5) is 14.0. The SMILES string of the molecule is O=C(c1cn(CC2(O)CCNCC2)nn1)N1CCCC1. The summed E-state index contributed by atoms with van der Waals surface area (Å²) in [6.45, 7) is 3.63. The highest BCUT2D eigenvalue weighted by Gasteiger charge is 2.30. The van der Waals surface area contributed by atoms with Gasteiger partial charge in [0.05, 0.1) is 18.3 Å². The van der Waals surface area contributed by atoms with Gasteiger partial charge in [0.1, 0.15) is 0 Å². The number of carbonyl (C=O) groups is 1. The van der Waals surface area contributed by atoms with Crippen LogP contribution in [0.25, 0.3) is 0 Å². The summed E-state index contributed by atoms with van der Waals surface area (Å²) < 4.78 is 1.59. The van der Waals surface area contributed by atoms with Gasteiger partial charge in [-0.25, -0.2) is 4.68 Å². The molecule has 2 aliphatic rings. The van der Waals surface area contributed by atoms with Crippen molar-refractivity contribution in [2.45, 2.75) is 37.8 Å². The number of amides is 1. The standard InChI is InChI=1S/C13H21N5O2/c19-12(17-7-1-2-8-17)11-9-18(16-15-11)10-13(20)3-5-14-6-4-13/h9,14,20H,1-8,10H2. The van der Waals surface area contributed by atoms with Gasteiger partial charge in [-0.15, -0.1) is 5.10 Å². The zero-order chi connectivity index (χ0) is 14.0. The molecule has 7 heteroatoms. The summed E-state index contributed by atoms with van der Waals surface area (Å²) in [6.07, 6.45) is 5.17. The van der Waals surface area contributed by atoms with Crippen LogP contribution in [0.1, 0.15) is 36.2 Å². The van der Waals surface area contributed by atoms with Crippen LogP contribution >= 0.6 is 0 Å². The van der Waals surface area contributed by atoms with E-state index in [1.165, 1.54) is 0 Å². The average molecular weight is 279 g/mol. The predicted molar refractivity (Wildman–Crippen MR) is 72.2 cm³/mol. The first-order valence-corrected chi connectivity index (χ1v) is 7.29. The number of nitrogens with one attached hydrogen (secondary N) is 1. The molecule has 2 fully saturated rings. The maximum absolute atomic E-state index is 12.2. The highest BCUT2D eigenvalue weighted by atomic mass is 16.3. The van der Waals surface area contributed by atoms with Gasteiger partial charge in [0, 0.05) is 13.1 Å². The number of nitrogens with zero attached hydrogens (tertiary/aromatic N) is 4. The second kappa shape index (κ2) is 5.49. The molecule has 2 aliphatic heterocycles. The zero-order valence-electron chi connectivity index (χ0n) is 11.6. The molecule has 1 amide bonds. The molecule has 3 rings (SSSR count). The molecule has 20 heavy (non-hydrogen) atoms. The van der Waals surface area contributed by atoms with Gasteiger partial charge in [-0.2, -0.15) is 0 Å². The number of carbonyl (C=O) groups excluding carboxylic acids is 1. The lowest BCUT2D eigenvalue weighted by atomic mass is 9.92. The monoisotopic (exact) mass is 279 g/mol. The van der Waals surface area contributed by atoms with Crippen LogP contribution in [0.3, 0.4) is 0 Å². The molecule has 2 N–H and O–H groups in total. The molecule has 7 nitrogen and oxygen atoms in total. The fraction of sp³-hybridized carbons (Fsp3) is 0.769. The molecule has 0 saturated carbocycles. The summed E-state index contributed by atoms with van der Waals surface area (Å²) >= 11 is 0. The van der Waals surface area contributed by atoms with Crippen LogP contribution in [0.15, 0.2) is 6.20 Å². The molecule has 1 aromatic heterocycles. The van der Waals surface area contributed by atoms with E-state index in [2.05, 4.69) is 15.6 Å². The molecular formula is C13H21N5O2. The fourth-order valence-electron chi connectivity index (χ4n) is 2.91. The van der Waals surface area contributed by atoms with E-state index >= 15 is 0 Å². The molecule has 0 atom stereocenters. The molecule has 3 heterocycles. The van der Waals surface area contributed by atoms with Crippen LogP contribution in [0.2, 0.25) is 0 Å². The van der Waals surface area contributed by atoms with Crippen molar-refractivity contribution in [1.82, 2.24) is 25.2 Å². The lowest BCUT2D eigenvalue weighted by Crippen LogP contribution is -2.44. The predicted octanol–water partition coefficient (Wildman–Crippen LogP) is -0.371. The third kappa shape index (κ3) is 2.83. The van der Waals surface area contributed by atoms with Crippen molar-refractivity contribution < 1.29 is 9.90 Å². The van der Waals surface area contributed by atoms with E-state index in [1.54, 1.807) is 10.9 Å². The Bertz CT molecular complexity index is 475. The van der Waals surface area contributed by atoms with Gasteiger partial charge in [-0.3, -0.25) is 4.79 Å². The van der Waals surface area contributed by atoms with E-state index in [-0.39, 0.29) is 5.91 Å². The molecule has 0 bridgehead atoms. The number of aromatic nitrogens is 3. The zero-order valence-corrected chi connectivity index (χ0v) is 11.6. The first-order valence-electron chi connectivity index (χ1n) is 7.29. The van der Waals surface area contributed by atoms with Crippen LogP contribution < -0.4 is 5.32 Å². The highest BCUT2D eigenvalue weighted by molar-refractivity contribution is 5.92. The Kier molecular flexibility index (Phi) is 3.71. The van der Waals surface area contributed by atoms with Crippen LogP contribution in [0.5, 0.6) is 0 Å². The van der Waals surface area contributed by atoms with E-state index in [4.69, 9.17) is 0 Å². The van der Waals surface area contributed by atoms with Crippen molar-refractivity contribution in [3.63, 3.8) is 0 Å². The summed E-state index contributed by atoms with van der Waals surface area (Å²) in [5.74, 6) is -0.0500. The van der Waals surface area contributed by atoms with Crippen LogP contribution in [-0.2, 0) is 6.54 Å². The van der Waals surface area contributed by atoms with Crippen molar-refractivity contribution in [2.24, 2.45) is 0 Å². The summed E-state index contributed by atoms with van der Waals surface area (Å²) in [7, 11) is 0. The van der Waals surface area contributed by atoms with Gasteiger partial charge < -0.3 is 15.3 Å². The number of hydrogen-bond acceptors (Lipinski definition) is 5. The first-order chi connectivity index (χ1) is 9.66. The Morgan fingerprint density at radius 3 is 2.75 bits per heavy atom. The number of rotatable bonds is 3. The Labute approximate surface area is 117 Å². The van der Waals surface area contributed by atoms with E-state index in [1.807, 2.05) is 4.90 Å². The molecule has 0 radical (unpaired) electrons. The second-order valence-corrected chi connectivity index (χ2v) is 5.78. The van der Waals surface area contributed by atoms with Crippen LogP contribution in [-0.4, -0.2) is 62.7 Å². The van der Waals surface area contributed by atoms with E-state index < -0.39 is 5.60 Å². The molecular weight excluding hydrogens is 258 g/mol. The Balaban J connectivity index is 1.65. The summed E-state index contributed by atoms with van der Waals surface area (Å²) in [6, 6.07) is 0. The largest absolute Gasteiger partial charge is 0.388 e. The van der Waals surface area contributed by atoms with Gasteiger partial charge in [-0.05, 0) is 38.8 Å². The number of likely N-dealkylation sites (tertiary alicyclic amines) is 1. The summed E-state index contributed by atoms with van der Waals surface area (Å²) in [5, 5.41) is 21.6. The third-order valence-electron chi connectivity index (χ3n) is 4.14. The number of hydrogen-bond donors (Lipinski definition) is 2. The molecule has 2 saturated heterocycles. The molecule has 0 unspecified atom stereocenters. The normalized spacial score (nSPS) is 22.1. The van der Waals surface area contributed by atoms with Gasteiger partial charge >= 0.3 is 0 Å². The maximum Gasteiger partial charge on any atom is 0.276 e. The average Bonchev–Trinajstić information content (AvgIpc) is 3.09. The Hall–Kier alpha value is -1.47. The van der Waals surface area contributed by atoms with E-state index in [0.29, 0.717) is 25.1 Å². The fourth-order valence-corrected chi connectivity index (χ4v) is 2.91. The summed E-state index contributed by atoms with van der Waals surface area (Å²) in [5.41, 5.74) is -0.364. The van der Waals surface area contributed by atoms with Crippen molar-refractivity contribution in [2.75, 3.05) is 26.2 Å². The quantitative estimate of drug-likeness (QED) is 0.788. The molecule has 0 aliphatic carbocycles. The third-order valence-corrected chi connectivity index (χ3v) is 4.14. The lowest BCUT2D eigenvalue weighted by Gasteiger charge is -2.32. The van der Waals surface area contributed by atoms with Crippen molar-refractivity contribution >= 4 is 5.91 Å². The number of piperidine rings is 1. The van der Waals surface area contributed by atoms with Crippen LogP contribution in [0, 0.1) is 0 Å². The highest BCUT2D eigenvalue weighted by Crippen LogP contribution is 2.20. The minimum Gasteiger partial charge on any atom is -0.388 e. The van der Waals surface area contributed by atoms with E-state index in [0.717, 1.165) is 39.0 Å². The van der Waals surface area contributed by atoms with Crippen molar-refractivity contribution in [1.29, 1.82) is 0 Å². The molecule has 0 aromatic carbocycles. The maximum atomic E-state index is 12.2. The van der Waals surface area contributed by atoms with Gasteiger partial charge in [0.2, 0.25) is 0 Å². The molecule has 0 spiro atoms.